The van der Waals surface area contributed by atoms with Gasteiger partial charge in [0.1, 0.15) is 5.75 Å². The molecule has 2 amide bonds. The third kappa shape index (κ3) is 5.16. The molecule has 0 spiro atoms. The zero-order chi connectivity index (χ0) is 23.5. The summed E-state index contributed by atoms with van der Waals surface area (Å²) >= 11 is 11.4. The second-order valence-corrected chi connectivity index (χ2v) is 8.54. The summed E-state index contributed by atoms with van der Waals surface area (Å²) in [5, 5.41) is 6.40. The van der Waals surface area contributed by atoms with E-state index in [1.165, 1.54) is 0 Å². The molecule has 0 radical (unpaired) electrons. The van der Waals surface area contributed by atoms with Crippen LogP contribution in [-0.2, 0) is 11.3 Å². The summed E-state index contributed by atoms with van der Waals surface area (Å²) in [5.74, 6) is 0.174. The third-order valence-electron chi connectivity index (χ3n) is 5.29. The van der Waals surface area contributed by atoms with Crippen LogP contribution in [0.4, 0.5) is 11.4 Å². The van der Waals surface area contributed by atoms with Crippen LogP contribution in [0.15, 0.2) is 60.7 Å². The highest BCUT2D eigenvalue weighted by Crippen LogP contribution is 2.29. The molecule has 0 fully saturated rings. The van der Waals surface area contributed by atoms with E-state index < -0.39 is 0 Å². The maximum absolute atomic E-state index is 12.6. The average Bonchev–Trinajstić information content (AvgIpc) is 3.13. The first-order valence-corrected chi connectivity index (χ1v) is 11.1. The number of anilines is 2. The molecule has 168 valence electrons. The monoisotopic (exact) mass is 479 g/mol. The molecule has 0 saturated carbocycles. The molecule has 33 heavy (non-hydrogen) atoms. The SMILES string of the molecule is Cc1cc(OCC(=O)NC(=S)Nc2ccc(N3Cc4ccccc4C3=O)cc2)cc(C)c1Cl. The molecule has 1 aliphatic heterocycles. The fourth-order valence-electron chi connectivity index (χ4n) is 3.65. The molecule has 0 aromatic heterocycles. The van der Waals surface area contributed by atoms with E-state index in [-0.39, 0.29) is 23.5 Å². The van der Waals surface area contributed by atoms with E-state index in [0.29, 0.717) is 23.0 Å². The lowest BCUT2D eigenvalue weighted by atomic mass is 10.1. The van der Waals surface area contributed by atoms with Crippen LogP contribution in [-0.4, -0.2) is 23.5 Å². The molecule has 0 aliphatic carbocycles. The summed E-state index contributed by atoms with van der Waals surface area (Å²) < 4.78 is 5.55. The summed E-state index contributed by atoms with van der Waals surface area (Å²) in [6.07, 6.45) is 0. The predicted molar refractivity (Wildman–Crippen MR) is 134 cm³/mol. The fraction of sp³-hybridized carbons (Fsp3) is 0.160. The number of carbonyl (C=O) groups excluding carboxylic acids is 2. The van der Waals surface area contributed by atoms with Gasteiger partial charge in [0.15, 0.2) is 11.7 Å². The van der Waals surface area contributed by atoms with E-state index in [4.69, 9.17) is 28.6 Å². The molecule has 0 unspecified atom stereocenters. The van der Waals surface area contributed by atoms with Crippen molar-refractivity contribution in [3.63, 3.8) is 0 Å². The predicted octanol–water partition coefficient (Wildman–Crippen LogP) is 5.01. The second kappa shape index (κ2) is 9.60. The van der Waals surface area contributed by atoms with Gasteiger partial charge in [-0.15, -0.1) is 0 Å². The second-order valence-electron chi connectivity index (χ2n) is 7.76. The summed E-state index contributed by atoms with van der Waals surface area (Å²) in [6.45, 7) is 4.12. The lowest BCUT2D eigenvalue weighted by Gasteiger charge is -2.17. The van der Waals surface area contributed by atoms with Crippen LogP contribution in [0.5, 0.6) is 5.75 Å². The van der Waals surface area contributed by atoms with Crippen molar-refractivity contribution in [1.29, 1.82) is 0 Å². The quantitative estimate of drug-likeness (QED) is 0.503. The number of thiocarbonyl (C=S) groups is 1. The molecule has 8 heteroatoms. The zero-order valence-electron chi connectivity index (χ0n) is 18.1. The van der Waals surface area contributed by atoms with Crippen LogP contribution in [0.25, 0.3) is 0 Å². The minimum atomic E-state index is -0.380. The van der Waals surface area contributed by atoms with Gasteiger partial charge in [-0.2, -0.15) is 0 Å². The van der Waals surface area contributed by atoms with Gasteiger partial charge in [-0.25, -0.2) is 0 Å². The number of nitrogens with one attached hydrogen (secondary N) is 2. The Morgan fingerprint density at radius 3 is 2.42 bits per heavy atom. The van der Waals surface area contributed by atoms with Crippen molar-refractivity contribution in [3.05, 3.63) is 87.9 Å². The Kier molecular flexibility index (Phi) is 6.62. The first-order valence-electron chi connectivity index (χ1n) is 10.3. The number of hydrogen-bond donors (Lipinski definition) is 2. The maximum Gasteiger partial charge on any atom is 0.264 e. The molecule has 6 nitrogen and oxygen atoms in total. The number of carbonyl (C=O) groups is 2. The first kappa shape index (κ1) is 22.8. The van der Waals surface area contributed by atoms with Crippen molar-refractivity contribution in [2.45, 2.75) is 20.4 Å². The minimum absolute atomic E-state index is 0.0137. The molecule has 0 bridgehead atoms. The molecule has 0 saturated heterocycles. The standard InChI is InChI=1S/C25H22ClN3O3S/c1-15-11-20(12-16(2)23(15)26)32-14-22(30)28-25(33)27-18-7-9-19(10-8-18)29-13-17-5-3-4-6-21(17)24(29)31/h3-12H,13-14H2,1-2H3,(H2,27,28,30,33). The van der Waals surface area contributed by atoms with Gasteiger partial charge in [0, 0.05) is 22.0 Å². The van der Waals surface area contributed by atoms with Crippen molar-refractivity contribution < 1.29 is 14.3 Å². The summed E-state index contributed by atoms with van der Waals surface area (Å²) in [7, 11) is 0. The number of amides is 2. The highest BCUT2D eigenvalue weighted by atomic mass is 35.5. The average molecular weight is 480 g/mol. The van der Waals surface area contributed by atoms with Gasteiger partial charge in [0.05, 0.1) is 6.54 Å². The van der Waals surface area contributed by atoms with Crippen molar-refractivity contribution in [3.8, 4) is 5.75 Å². The number of fused-ring (bicyclic) bond motifs is 1. The number of hydrogen-bond acceptors (Lipinski definition) is 4. The number of nitrogens with zero attached hydrogens (tertiary/aromatic N) is 1. The van der Waals surface area contributed by atoms with Crippen LogP contribution < -0.4 is 20.3 Å². The topological polar surface area (TPSA) is 70.7 Å². The highest BCUT2D eigenvalue weighted by molar-refractivity contribution is 7.80. The number of halogens is 1. The Hall–Kier alpha value is -3.42. The van der Waals surface area contributed by atoms with Gasteiger partial charge >= 0.3 is 0 Å². The molecule has 1 aliphatic rings. The number of benzene rings is 3. The zero-order valence-corrected chi connectivity index (χ0v) is 19.7. The van der Waals surface area contributed by atoms with Crippen molar-refractivity contribution in [2.24, 2.45) is 0 Å². The number of rotatable bonds is 5. The Morgan fingerprint density at radius 2 is 1.76 bits per heavy atom. The van der Waals surface area contributed by atoms with Gasteiger partial charge in [-0.05, 0) is 85.2 Å². The molecular formula is C25H22ClN3O3S. The van der Waals surface area contributed by atoms with E-state index in [2.05, 4.69) is 10.6 Å². The molecule has 1 heterocycles. The van der Waals surface area contributed by atoms with E-state index in [1.807, 2.05) is 50.2 Å². The van der Waals surface area contributed by atoms with Gasteiger partial charge in [0.25, 0.3) is 11.8 Å². The molecule has 0 atom stereocenters. The number of ether oxygens (including phenoxy) is 1. The third-order valence-corrected chi connectivity index (χ3v) is 6.09. The van der Waals surface area contributed by atoms with Crippen molar-refractivity contribution in [2.75, 3.05) is 16.8 Å². The molecule has 4 rings (SSSR count). The van der Waals surface area contributed by atoms with Crippen LogP contribution in [0.3, 0.4) is 0 Å². The van der Waals surface area contributed by atoms with Gasteiger partial charge in [-0.3, -0.25) is 14.9 Å². The largest absolute Gasteiger partial charge is 0.484 e. The summed E-state index contributed by atoms with van der Waals surface area (Å²) in [4.78, 5) is 26.5. The smallest absolute Gasteiger partial charge is 0.264 e. The lowest BCUT2D eigenvalue weighted by molar-refractivity contribution is -0.121. The molecule has 2 N–H and O–H groups in total. The van der Waals surface area contributed by atoms with Crippen LogP contribution >= 0.6 is 23.8 Å². The number of aryl methyl sites for hydroxylation is 2. The molecule has 3 aromatic carbocycles. The van der Waals surface area contributed by atoms with Crippen molar-refractivity contribution >= 4 is 52.1 Å². The first-order chi connectivity index (χ1) is 15.8. The Labute approximate surface area is 202 Å². The maximum atomic E-state index is 12.6. The highest BCUT2D eigenvalue weighted by Gasteiger charge is 2.27. The lowest BCUT2D eigenvalue weighted by Crippen LogP contribution is -2.37. The molecule has 3 aromatic rings. The Balaban J connectivity index is 1.29. The molecular weight excluding hydrogens is 458 g/mol. The minimum Gasteiger partial charge on any atom is -0.484 e. The Morgan fingerprint density at radius 1 is 1.09 bits per heavy atom. The van der Waals surface area contributed by atoms with E-state index >= 15 is 0 Å². The fourth-order valence-corrected chi connectivity index (χ4v) is 3.99. The van der Waals surface area contributed by atoms with Gasteiger partial charge < -0.3 is 15.0 Å². The van der Waals surface area contributed by atoms with E-state index in [1.54, 1.807) is 29.2 Å². The van der Waals surface area contributed by atoms with Gasteiger partial charge in [0.2, 0.25) is 0 Å². The van der Waals surface area contributed by atoms with E-state index in [0.717, 1.165) is 27.9 Å². The van der Waals surface area contributed by atoms with Crippen LogP contribution in [0.1, 0.15) is 27.0 Å². The Bertz CT molecular complexity index is 1220. The summed E-state index contributed by atoms with van der Waals surface area (Å²) in [5.41, 5.74) is 4.99. The van der Waals surface area contributed by atoms with Crippen LogP contribution in [0.2, 0.25) is 5.02 Å². The van der Waals surface area contributed by atoms with Gasteiger partial charge in [-0.1, -0.05) is 29.8 Å². The van der Waals surface area contributed by atoms with Crippen LogP contribution in [0, 0.1) is 13.8 Å². The van der Waals surface area contributed by atoms with E-state index in [9.17, 15) is 9.59 Å². The van der Waals surface area contributed by atoms with Crippen molar-refractivity contribution in [1.82, 2.24) is 5.32 Å². The normalized spacial score (nSPS) is 12.3. The summed E-state index contributed by atoms with van der Waals surface area (Å²) in [6, 6.07) is 18.5.